The van der Waals surface area contributed by atoms with Crippen LogP contribution in [0.15, 0.2) is 46.9 Å². The number of phenolic OH excluding ortho intramolecular Hbond substituents is 2. The van der Waals surface area contributed by atoms with Crippen LogP contribution in [0.25, 0.3) is 22.6 Å². The van der Waals surface area contributed by atoms with Gasteiger partial charge in [0.1, 0.15) is 5.69 Å². The third-order valence-corrected chi connectivity index (χ3v) is 3.31. The molecular weight excluding hydrogens is 300 g/mol. The summed E-state index contributed by atoms with van der Waals surface area (Å²) in [5.41, 5.74) is 0.785. The number of rotatable bonds is 3. The third kappa shape index (κ3) is 2.59. The lowest BCUT2D eigenvalue weighted by Gasteiger charge is -2.04. The first-order valence-electron chi connectivity index (χ1n) is 6.71. The number of nitro groups is 1. The maximum atomic E-state index is 11.0. The molecule has 0 aliphatic carbocycles. The Kier molecular flexibility index (Phi) is 3.46. The third-order valence-electron chi connectivity index (χ3n) is 3.31. The van der Waals surface area contributed by atoms with Gasteiger partial charge in [0, 0.05) is 24.1 Å². The fourth-order valence-electron chi connectivity index (χ4n) is 2.29. The number of aromatic hydroxyl groups is 2. The van der Waals surface area contributed by atoms with Crippen LogP contribution in [-0.2, 0) is 0 Å². The van der Waals surface area contributed by atoms with Gasteiger partial charge in [-0.3, -0.25) is 10.1 Å². The van der Waals surface area contributed by atoms with E-state index in [2.05, 4.69) is 4.98 Å². The van der Waals surface area contributed by atoms with Gasteiger partial charge in [-0.1, -0.05) is 30.3 Å². The minimum absolute atomic E-state index is 0.280. The highest BCUT2D eigenvalue weighted by molar-refractivity contribution is 5.80. The molecule has 0 unspecified atom stereocenters. The summed E-state index contributed by atoms with van der Waals surface area (Å²) in [4.78, 5) is 14.5. The van der Waals surface area contributed by atoms with Gasteiger partial charge in [-0.25, -0.2) is 4.98 Å². The number of nitro benzene ring substituents is 1. The molecule has 0 saturated carbocycles. The van der Waals surface area contributed by atoms with E-state index in [-0.39, 0.29) is 5.56 Å². The zero-order valence-corrected chi connectivity index (χ0v) is 12.1. The van der Waals surface area contributed by atoms with Crippen molar-refractivity contribution in [3.8, 4) is 34.1 Å². The van der Waals surface area contributed by atoms with Crippen LogP contribution in [-0.4, -0.2) is 20.1 Å². The van der Waals surface area contributed by atoms with Crippen molar-refractivity contribution in [1.29, 1.82) is 0 Å². The van der Waals surface area contributed by atoms with Crippen LogP contribution in [0.5, 0.6) is 11.5 Å². The Morgan fingerprint density at radius 1 is 1.13 bits per heavy atom. The summed E-state index contributed by atoms with van der Waals surface area (Å²) in [5, 5.41) is 30.4. The Morgan fingerprint density at radius 3 is 2.48 bits per heavy atom. The number of hydrogen-bond donors (Lipinski definition) is 2. The Balaban J connectivity index is 2.23. The van der Waals surface area contributed by atoms with E-state index < -0.39 is 22.1 Å². The van der Waals surface area contributed by atoms with Crippen LogP contribution < -0.4 is 0 Å². The maximum absolute atomic E-state index is 11.0. The Hall–Kier alpha value is -3.35. The second-order valence-electron chi connectivity index (χ2n) is 4.90. The summed E-state index contributed by atoms with van der Waals surface area (Å²) in [6.45, 7) is 1.66. The van der Waals surface area contributed by atoms with Crippen LogP contribution in [0.1, 0.15) is 5.89 Å². The number of hydrogen-bond acceptors (Lipinski definition) is 6. The molecule has 116 valence electrons. The van der Waals surface area contributed by atoms with Gasteiger partial charge in [0.2, 0.25) is 5.75 Å². The number of phenols is 2. The minimum atomic E-state index is -0.778. The molecular formula is C16H12N2O5. The number of benzene rings is 2. The molecule has 0 atom stereocenters. The van der Waals surface area contributed by atoms with Gasteiger partial charge in [0.15, 0.2) is 17.4 Å². The molecule has 0 aliphatic heterocycles. The molecule has 2 aromatic carbocycles. The van der Waals surface area contributed by atoms with Gasteiger partial charge < -0.3 is 14.6 Å². The van der Waals surface area contributed by atoms with Gasteiger partial charge >= 0.3 is 5.69 Å². The fraction of sp³-hybridized carbons (Fsp3) is 0.0625. The highest BCUT2D eigenvalue weighted by atomic mass is 16.6. The molecule has 0 aliphatic rings. The second-order valence-corrected chi connectivity index (χ2v) is 4.90. The molecule has 0 spiro atoms. The highest BCUT2D eigenvalue weighted by Crippen LogP contribution is 2.41. The van der Waals surface area contributed by atoms with Crippen molar-refractivity contribution in [3.63, 3.8) is 0 Å². The molecule has 23 heavy (non-hydrogen) atoms. The van der Waals surface area contributed by atoms with Crippen LogP contribution >= 0.6 is 0 Å². The van der Waals surface area contributed by atoms with Gasteiger partial charge in [-0.2, -0.15) is 0 Å². The first-order chi connectivity index (χ1) is 11.0. The van der Waals surface area contributed by atoms with Crippen molar-refractivity contribution in [2.24, 2.45) is 0 Å². The van der Waals surface area contributed by atoms with E-state index in [4.69, 9.17) is 4.42 Å². The number of aromatic nitrogens is 1. The molecule has 0 fully saturated rings. The molecule has 7 nitrogen and oxygen atoms in total. The second kappa shape index (κ2) is 5.45. The van der Waals surface area contributed by atoms with E-state index in [0.29, 0.717) is 17.3 Å². The highest BCUT2D eigenvalue weighted by Gasteiger charge is 2.23. The van der Waals surface area contributed by atoms with Crippen molar-refractivity contribution in [2.75, 3.05) is 0 Å². The number of nitrogens with zero attached hydrogens (tertiary/aromatic N) is 2. The van der Waals surface area contributed by atoms with E-state index in [1.54, 1.807) is 6.92 Å². The fourth-order valence-corrected chi connectivity index (χ4v) is 2.29. The molecule has 0 radical (unpaired) electrons. The van der Waals surface area contributed by atoms with Crippen LogP contribution in [0.2, 0.25) is 0 Å². The summed E-state index contributed by atoms with van der Waals surface area (Å²) in [6.07, 6.45) is 0. The van der Waals surface area contributed by atoms with Crippen molar-refractivity contribution >= 4 is 5.69 Å². The molecule has 0 amide bonds. The molecule has 1 heterocycles. The predicted molar refractivity (Wildman–Crippen MR) is 82.1 cm³/mol. The molecule has 0 bridgehead atoms. The van der Waals surface area contributed by atoms with Crippen molar-refractivity contribution in [2.45, 2.75) is 6.92 Å². The van der Waals surface area contributed by atoms with Gasteiger partial charge in [0.05, 0.1) is 4.92 Å². The summed E-state index contributed by atoms with van der Waals surface area (Å²) in [5.74, 6) is -0.550. The quantitative estimate of drug-likeness (QED) is 0.434. The average Bonchev–Trinajstić information content (AvgIpc) is 2.92. The van der Waals surface area contributed by atoms with E-state index in [0.717, 1.165) is 11.6 Å². The van der Waals surface area contributed by atoms with Crippen LogP contribution in [0, 0.1) is 17.0 Å². The Morgan fingerprint density at radius 2 is 1.83 bits per heavy atom. The molecule has 3 rings (SSSR count). The molecule has 7 heteroatoms. The minimum Gasteiger partial charge on any atom is -0.504 e. The van der Waals surface area contributed by atoms with Crippen molar-refractivity contribution in [3.05, 3.63) is 58.5 Å². The van der Waals surface area contributed by atoms with Crippen LogP contribution in [0.4, 0.5) is 5.69 Å². The van der Waals surface area contributed by atoms with Gasteiger partial charge in [-0.15, -0.1) is 0 Å². The summed E-state index contributed by atoms with van der Waals surface area (Å²) >= 11 is 0. The summed E-state index contributed by atoms with van der Waals surface area (Å²) < 4.78 is 5.60. The molecule has 3 aromatic rings. The lowest BCUT2D eigenvalue weighted by molar-refractivity contribution is -0.385. The predicted octanol–water partition coefficient (Wildman–Crippen LogP) is 3.64. The topological polar surface area (TPSA) is 110 Å². The van der Waals surface area contributed by atoms with Gasteiger partial charge in [-0.05, 0) is 6.07 Å². The lowest BCUT2D eigenvalue weighted by atomic mass is 10.0. The average molecular weight is 312 g/mol. The van der Waals surface area contributed by atoms with E-state index in [9.17, 15) is 20.3 Å². The number of oxazole rings is 1. The van der Waals surface area contributed by atoms with Crippen molar-refractivity contribution < 1.29 is 19.6 Å². The van der Waals surface area contributed by atoms with E-state index >= 15 is 0 Å². The largest absolute Gasteiger partial charge is 0.504 e. The van der Waals surface area contributed by atoms with Crippen LogP contribution in [0.3, 0.4) is 0 Å². The van der Waals surface area contributed by atoms with Crippen molar-refractivity contribution in [1.82, 2.24) is 4.98 Å². The maximum Gasteiger partial charge on any atom is 0.315 e. The molecule has 2 N–H and O–H groups in total. The molecule has 1 aromatic heterocycles. The zero-order valence-electron chi connectivity index (χ0n) is 12.1. The summed E-state index contributed by atoms with van der Waals surface area (Å²) in [7, 11) is 0. The summed E-state index contributed by atoms with van der Waals surface area (Å²) in [6, 6.07) is 11.5. The first kappa shape index (κ1) is 14.6. The first-order valence-corrected chi connectivity index (χ1v) is 6.71. The smallest absolute Gasteiger partial charge is 0.315 e. The number of aryl methyl sites for hydroxylation is 1. The monoisotopic (exact) mass is 312 g/mol. The Labute approximate surface area is 130 Å². The zero-order chi connectivity index (χ0) is 16.6. The Bertz CT molecular complexity index is 887. The van der Waals surface area contributed by atoms with E-state index in [1.807, 2.05) is 30.3 Å². The lowest BCUT2D eigenvalue weighted by Crippen LogP contribution is -1.91. The molecule has 0 saturated heterocycles. The normalized spacial score (nSPS) is 10.7. The van der Waals surface area contributed by atoms with E-state index in [1.165, 1.54) is 6.07 Å². The van der Waals surface area contributed by atoms with Gasteiger partial charge in [0.25, 0.3) is 0 Å². The SMILES string of the molecule is Cc1nc(-c2cc(O)c(O)c([N+](=O)[O-])c2)c(-c2ccccc2)o1. The standard InChI is InChI=1S/C16H12N2O5/c1-9-17-14(16(23-9)10-5-3-2-4-6-10)11-7-12(18(21)22)15(20)13(19)8-11/h2-8,19-20H,1H3.